The number of ether oxygens (including phenoxy) is 1. The number of carbonyl (C=O) groups excluding carboxylic acids is 1. The lowest BCUT2D eigenvalue weighted by molar-refractivity contribution is -0.139. The molecular weight excluding hydrogens is 440 g/mol. The van der Waals surface area contributed by atoms with Gasteiger partial charge in [0.2, 0.25) is 5.95 Å². The van der Waals surface area contributed by atoms with Crippen LogP contribution in [-0.4, -0.2) is 39.3 Å². The Kier molecular flexibility index (Phi) is 5.21. The van der Waals surface area contributed by atoms with E-state index in [1.54, 1.807) is 0 Å². The Morgan fingerprint density at radius 3 is 2.52 bits per heavy atom. The first kappa shape index (κ1) is 21.3. The standard InChI is InChI=1S/C25H23ClN4O3/c1-14-10-20-22(16-4-6-17(26)7-5-16)19(11-21(32)33-3)15(2)23-24(20)29(14)8-9-30(23)25-27-12-18(31)13-28-25/h4-7,10,12-13,31H,8-9,11H2,1-3H3. The molecule has 0 saturated heterocycles. The van der Waals surface area contributed by atoms with Gasteiger partial charge >= 0.3 is 5.97 Å². The van der Waals surface area contributed by atoms with Gasteiger partial charge in [-0.25, -0.2) is 9.97 Å². The zero-order valence-electron chi connectivity index (χ0n) is 18.6. The lowest BCUT2D eigenvalue weighted by Gasteiger charge is -2.33. The molecule has 7 nitrogen and oxygen atoms in total. The summed E-state index contributed by atoms with van der Waals surface area (Å²) < 4.78 is 7.34. The first-order valence-corrected chi connectivity index (χ1v) is 11.0. The maximum atomic E-state index is 12.5. The molecular formula is C25H23ClN4O3. The lowest BCUT2D eigenvalue weighted by atomic mass is 9.88. The second-order valence-corrected chi connectivity index (χ2v) is 8.62. The molecule has 0 aliphatic carbocycles. The summed E-state index contributed by atoms with van der Waals surface area (Å²) in [5.74, 6) is 0.214. The molecule has 3 heterocycles. The van der Waals surface area contributed by atoms with Crippen molar-refractivity contribution in [2.24, 2.45) is 0 Å². The van der Waals surface area contributed by atoms with E-state index in [2.05, 4.69) is 32.4 Å². The minimum atomic E-state index is -0.306. The number of anilines is 2. The minimum Gasteiger partial charge on any atom is -0.505 e. The molecule has 0 saturated carbocycles. The lowest BCUT2D eigenvalue weighted by Crippen LogP contribution is -2.30. The fourth-order valence-corrected chi connectivity index (χ4v) is 4.89. The molecule has 168 valence electrons. The second-order valence-electron chi connectivity index (χ2n) is 8.18. The number of hydrogen-bond acceptors (Lipinski definition) is 6. The van der Waals surface area contributed by atoms with Gasteiger partial charge in [0.1, 0.15) is 0 Å². The predicted octanol–water partition coefficient (Wildman–Crippen LogP) is 4.94. The summed E-state index contributed by atoms with van der Waals surface area (Å²) in [6, 6.07) is 9.86. The van der Waals surface area contributed by atoms with E-state index in [9.17, 15) is 9.90 Å². The van der Waals surface area contributed by atoms with Crippen LogP contribution in [0.5, 0.6) is 5.75 Å². The van der Waals surface area contributed by atoms with Gasteiger partial charge in [0.25, 0.3) is 0 Å². The SMILES string of the molecule is COC(=O)Cc1c(C)c2c3c(cc(C)n3CCN2c2ncc(O)cn2)c1-c1ccc(Cl)cc1. The van der Waals surface area contributed by atoms with E-state index in [1.165, 1.54) is 19.5 Å². The minimum absolute atomic E-state index is 0.0151. The van der Waals surface area contributed by atoms with E-state index in [1.807, 2.05) is 31.2 Å². The maximum Gasteiger partial charge on any atom is 0.310 e. The molecule has 0 radical (unpaired) electrons. The molecule has 4 aromatic rings. The van der Waals surface area contributed by atoms with Gasteiger partial charge in [0.05, 0.1) is 37.1 Å². The second kappa shape index (κ2) is 8.08. The molecule has 0 unspecified atom stereocenters. The number of aromatic nitrogens is 3. The van der Waals surface area contributed by atoms with Crippen LogP contribution in [0.4, 0.5) is 11.6 Å². The van der Waals surface area contributed by atoms with Gasteiger partial charge in [0, 0.05) is 29.2 Å². The molecule has 1 aliphatic rings. The molecule has 0 amide bonds. The van der Waals surface area contributed by atoms with E-state index in [0.29, 0.717) is 17.5 Å². The van der Waals surface area contributed by atoms with Crippen molar-refractivity contribution in [2.75, 3.05) is 18.6 Å². The average molecular weight is 463 g/mol. The van der Waals surface area contributed by atoms with Gasteiger partial charge in [-0.05, 0) is 54.3 Å². The van der Waals surface area contributed by atoms with Crippen LogP contribution in [0, 0.1) is 13.8 Å². The number of esters is 1. The van der Waals surface area contributed by atoms with Crippen molar-refractivity contribution in [1.29, 1.82) is 0 Å². The molecule has 8 heteroatoms. The number of methoxy groups -OCH3 is 1. The smallest absolute Gasteiger partial charge is 0.310 e. The molecule has 2 aromatic heterocycles. The van der Waals surface area contributed by atoms with Crippen molar-refractivity contribution < 1.29 is 14.6 Å². The van der Waals surface area contributed by atoms with Crippen LogP contribution in [0.15, 0.2) is 42.7 Å². The molecule has 2 aromatic carbocycles. The fourth-order valence-electron chi connectivity index (χ4n) is 4.76. The van der Waals surface area contributed by atoms with E-state index < -0.39 is 0 Å². The number of hydrogen-bond donors (Lipinski definition) is 1. The third-order valence-electron chi connectivity index (χ3n) is 6.27. The third kappa shape index (κ3) is 3.49. The first-order chi connectivity index (χ1) is 15.9. The molecule has 5 rings (SSSR count). The highest BCUT2D eigenvalue weighted by Crippen LogP contribution is 2.46. The Labute approximate surface area is 196 Å². The highest BCUT2D eigenvalue weighted by molar-refractivity contribution is 6.30. The first-order valence-electron chi connectivity index (χ1n) is 10.7. The largest absolute Gasteiger partial charge is 0.505 e. The van der Waals surface area contributed by atoms with Crippen molar-refractivity contribution >= 4 is 40.1 Å². The number of nitrogens with zero attached hydrogens (tertiary/aromatic N) is 4. The van der Waals surface area contributed by atoms with Gasteiger partial charge in [-0.3, -0.25) is 4.79 Å². The van der Waals surface area contributed by atoms with E-state index in [-0.39, 0.29) is 18.1 Å². The number of carbonyl (C=O) groups is 1. The van der Waals surface area contributed by atoms with Crippen LogP contribution < -0.4 is 4.90 Å². The van der Waals surface area contributed by atoms with Crippen LogP contribution in [0.3, 0.4) is 0 Å². The summed E-state index contributed by atoms with van der Waals surface area (Å²) in [4.78, 5) is 23.2. The quantitative estimate of drug-likeness (QED) is 0.432. The zero-order valence-corrected chi connectivity index (χ0v) is 19.3. The van der Waals surface area contributed by atoms with Gasteiger partial charge < -0.3 is 19.3 Å². The van der Waals surface area contributed by atoms with E-state index >= 15 is 0 Å². The number of rotatable bonds is 4. The Morgan fingerprint density at radius 2 is 1.85 bits per heavy atom. The molecule has 0 fully saturated rings. The Bertz CT molecular complexity index is 1380. The highest BCUT2D eigenvalue weighted by atomic mass is 35.5. The monoisotopic (exact) mass is 462 g/mol. The summed E-state index contributed by atoms with van der Waals surface area (Å²) in [5, 5.41) is 11.4. The van der Waals surface area contributed by atoms with Crippen LogP contribution in [-0.2, 0) is 22.5 Å². The Morgan fingerprint density at radius 1 is 1.15 bits per heavy atom. The third-order valence-corrected chi connectivity index (χ3v) is 6.52. The molecule has 1 N–H and O–H groups in total. The number of aryl methyl sites for hydroxylation is 1. The molecule has 0 atom stereocenters. The summed E-state index contributed by atoms with van der Waals surface area (Å²) in [5.41, 5.74) is 7.04. The van der Waals surface area contributed by atoms with Crippen LogP contribution in [0.1, 0.15) is 16.8 Å². The predicted molar refractivity (Wildman–Crippen MR) is 128 cm³/mol. The van der Waals surface area contributed by atoms with Crippen LogP contribution >= 0.6 is 11.6 Å². The van der Waals surface area contributed by atoms with Crippen molar-refractivity contribution in [3.63, 3.8) is 0 Å². The van der Waals surface area contributed by atoms with Crippen molar-refractivity contribution in [2.45, 2.75) is 26.8 Å². The summed E-state index contributed by atoms with van der Waals surface area (Å²) in [7, 11) is 1.40. The zero-order chi connectivity index (χ0) is 23.3. The highest BCUT2D eigenvalue weighted by Gasteiger charge is 2.30. The summed E-state index contributed by atoms with van der Waals surface area (Å²) in [6.07, 6.45) is 2.92. The number of benzene rings is 2. The Hall–Kier alpha value is -3.58. The fraction of sp³-hybridized carbons (Fsp3) is 0.240. The van der Waals surface area contributed by atoms with E-state index in [4.69, 9.17) is 16.3 Å². The molecule has 33 heavy (non-hydrogen) atoms. The maximum absolute atomic E-state index is 12.5. The summed E-state index contributed by atoms with van der Waals surface area (Å²) in [6.45, 7) is 5.55. The van der Waals surface area contributed by atoms with Crippen molar-refractivity contribution in [1.82, 2.24) is 14.5 Å². The van der Waals surface area contributed by atoms with Crippen molar-refractivity contribution in [3.8, 4) is 16.9 Å². The van der Waals surface area contributed by atoms with Crippen molar-refractivity contribution in [3.05, 3.63) is 64.6 Å². The molecule has 0 spiro atoms. The van der Waals surface area contributed by atoms with Gasteiger partial charge in [0.15, 0.2) is 5.75 Å². The number of aromatic hydroxyl groups is 1. The average Bonchev–Trinajstić information content (AvgIpc) is 3.15. The normalized spacial score (nSPS) is 12.9. The van der Waals surface area contributed by atoms with Crippen LogP contribution in [0.2, 0.25) is 5.02 Å². The number of halogens is 1. The van der Waals surface area contributed by atoms with E-state index in [0.717, 1.165) is 51.1 Å². The Balaban J connectivity index is 1.85. The summed E-state index contributed by atoms with van der Waals surface area (Å²) >= 11 is 6.16. The molecule has 0 bridgehead atoms. The van der Waals surface area contributed by atoms with Gasteiger partial charge in [-0.1, -0.05) is 23.7 Å². The van der Waals surface area contributed by atoms with Gasteiger partial charge in [-0.15, -0.1) is 0 Å². The molecule has 1 aliphatic heterocycles. The van der Waals surface area contributed by atoms with Crippen LogP contribution in [0.25, 0.3) is 22.0 Å². The van der Waals surface area contributed by atoms with Gasteiger partial charge in [-0.2, -0.15) is 0 Å². The topological polar surface area (TPSA) is 80.5 Å².